The first kappa shape index (κ1) is 48.7. The largest absolute Gasteiger partial charge is 0.497 e. The van der Waals surface area contributed by atoms with E-state index in [-0.39, 0.29) is 37.7 Å². The van der Waals surface area contributed by atoms with Gasteiger partial charge in [-0.25, -0.2) is 24.3 Å². The second-order valence-corrected chi connectivity index (χ2v) is 18.2. The molecule has 0 radical (unpaired) electrons. The van der Waals surface area contributed by atoms with Gasteiger partial charge >= 0.3 is 12.1 Å². The molecular formula is C53H56N7O8P. The Morgan fingerprint density at radius 1 is 0.797 bits per heavy atom. The van der Waals surface area contributed by atoms with Crippen LogP contribution in [0.25, 0.3) is 11.2 Å². The highest BCUT2D eigenvalue weighted by molar-refractivity contribution is 7.44. The van der Waals surface area contributed by atoms with Gasteiger partial charge in [-0.15, -0.1) is 0 Å². The fourth-order valence-electron chi connectivity index (χ4n) is 8.53. The van der Waals surface area contributed by atoms with Crippen molar-refractivity contribution in [1.82, 2.24) is 24.2 Å². The van der Waals surface area contributed by atoms with E-state index >= 15 is 0 Å². The number of aromatic nitrogens is 4. The van der Waals surface area contributed by atoms with Gasteiger partial charge in [0.05, 0.1) is 69.9 Å². The van der Waals surface area contributed by atoms with Crippen molar-refractivity contribution >= 4 is 37.2 Å². The number of rotatable bonds is 20. The molecule has 15 nitrogen and oxygen atoms in total. The second-order valence-electron chi connectivity index (χ2n) is 16.8. The molecular weight excluding hydrogens is 894 g/mol. The fourth-order valence-corrected chi connectivity index (χ4v) is 10.3. The number of nitriles is 1. The van der Waals surface area contributed by atoms with Gasteiger partial charge in [-0.2, -0.15) is 10.2 Å². The van der Waals surface area contributed by atoms with Crippen molar-refractivity contribution in [1.29, 1.82) is 5.26 Å². The summed E-state index contributed by atoms with van der Waals surface area (Å²) in [6, 6.07) is 46.4. The molecule has 4 atom stereocenters. The number of benzene rings is 5. The first-order valence-electron chi connectivity index (χ1n) is 22.8. The van der Waals surface area contributed by atoms with Gasteiger partial charge in [-0.3, -0.25) is 4.57 Å². The SMILES string of the molecule is COc1ccc(C(OC[C@H]2O[C@@H](n3cnc4cnc(OC(=O)N(c5ccccc5)c5ccccc5)nc43)C[C@@H]2OP(OCCC#N)N(C(C)C)C(C)C)(c2ccccc2)c2ccc(OC)cc2)cc1. The Balaban J connectivity index is 1.17. The predicted molar refractivity (Wildman–Crippen MR) is 263 cm³/mol. The molecule has 0 N–H and O–H groups in total. The molecule has 0 aliphatic carbocycles. The zero-order valence-corrected chi connectivity index (χ0v) is 40.4. The second kappa shape index (κ2) is 22.6. The number of anilines is 2. The van der Waals surface area contributed by atoms with Crippen LogP contribution in [0.2, 0.25) is 0 Å². The van der Waals surface area contributed by atoms with Gasteiger partial charge in [0.1, 0.15) is 34.9 Å². The van der Waals surface area contributed by atoms with Gasteiger partial charge in [0.15, 0.2) is 5.65 Å². The lowest BCUT2D eigenvalue weighted by Crippen LogP contribution is -2.39. The first-order chi connectivity index (χ1) is 33.6. The number of fused-ring (bicyclic) bond motifs is 1. The highest BCUT2D eigenvalue weighted by Gasteiger charge is 2.45. The van der Waals surface area contributed by atoms with Crippen molar-refractivity contribution in [3.63, 3.8) is 0 Å². The maximum absolute atomic E-state index is 14.0. The molecule has 16 heteroatoms. The Labute approximate surface area is 404 Å². The van der Waals surface area contributed by atoms with Gasteiger partial charge in [0.25, 0.3) is 8.53 Å². The number of hydrogen-bond acceptors (Lipinski definition) is 13. The van der Waals surface area contributed by atoms with Crippen molar-refractivity contribution in [3.05, 3.63) is 169 Å². The number of methoxy groups -OCH3 is 2. The Morgan fingerprint density at radius 2 is 1.35 bits per heavy atom. The molecule has 1 unspecified atom stereocenters. The molecule has 7 aromatic rings. The summed E-state index contributed by atoms with van der Waals surface area (Å²) < 4.78 is 49.1. The molecule has 1 fully saturated rings. The summed E-state index contributed by atoms with van der Waals surface area (Å²) in [7, 11) is 1.58. The summed E-state index contributed by atoms with van der Waals surface area (Å²) in [6.07, 6.45) is 1.06. The number of amides is 1. The molecule has 8 rings (SSSR count). The van der Waals surface area contributed by atoms with Crippen molar-refractivity contribution in [2.75, 3.05) is 32.3 Å². The summed E-state index contributed by atoms with van der Waals surface area (Å²) in [4.78, 5) is 29.2. The Kier molecular flexibility index (Phi) is 15.9. The van der Waals surface area contributed by atoms with Crippen LogP contribution in [0.5, 0.6) is 17.5 Å². The third kappa shape index (κ3) is 10.9. The van der Waals surface area contributed by atoms with E-state index in [4.69, 9.17) is 37.7 Å². The van der Waals surface area contributed by atoms with E-state index in [1.165, 1.54) is 11.1 Å². The van der Waals surface area contributed by atoms with Crippen LogP contribution in [0.4, 0.5) is 16.2 Å². The van der Waals surface area contributed by atoms with Crippen LogP contribution in [0.1, 0.15) is 63.5 Å². The van der Waals surface area contributed by atoms with Gasteiger partial charge in [-0.05, 0) is 92.9 Å². The van der Waals surface area contributed by atoms with Crippen LogP contribution in [0.15, 0.2) is 152 Å². The smallest absolute Gasteiger partial charge is 0.426 e. The third-order valence-electron chi connectivity index (χ3n) is 11.7. The molecule has 0 saturated carbocycles. The molecule has 356 valence electrons. The molecule has 1 saturated heterocycles. The normalized spacial score (nSPS) is 16.4. The summed E-state index contributed by atoms with van der Waals surface area (Å²) >= 11 is 0. The Bertz CT molecular complexity index is 2680. The van der Waals surface area contributed by atoms with Crippen molar-refractivity contribution in [3.8, 4) is 23.6 Å². The minimum atomic E-state index is -1.70. The van der Waals surface area contributed by atoms with Crippen molar-refractivity contribution < 1.29 is 37.5 Å². The maximum Gasteiger partial charge on any atom is 0.426 e. The number of carbonyl (C=O) groups excluding carboxylic acids is 1. The lowest BCUT2D eigenvalue weighted by atomic mass is 9.80. The van der Waals surface area contributed by atoms with Crippen LogP contribution in [0.3, 0.4) is 0 Å². The minimum Gasteiger partial charge on any atom is -0.497 e. The van der Waals surface area contributed by atoms with E-state index in [0.717, 1.165) is 16.7 Å². The van der Waals surface area contributed by atoms with E-state index in [1.807, 2.05) is 140 Å². The standard InChI is InChI=1S/C53H56N7O8P/c1-37(2)60(38(3)4)69(65-32-16-31-54)68-47-33-49(58-36-56-46-34-55-51(57-50(46)58)67-52(61)59(42-19-12-8-13-20-42)43-21-14-9-15-22-43)66-48(47)35-64-53(39-17-10-7-11-18-39,40-23-27-44(62-5)28-24-40)41-25-29-45(63-6)30-26-41/h7-15,17-30,34,36-38,47-49H,16,32-33,35H2,1-6H3/t47-,48+,49+,69?/m0/s1. The number of imidazole rings is 1. The van der Waals surface area contributed by atoms with Crippen LogP contribution >= 0.6 is 8.53 Å². The number of para-hydroxylation sites is 2. The molecule has 1 amide bonds. The maximum atomic E-state index is 14.0. The number of carbonyl (C=O) groups is 1. The summed E-state index contributed by atoms with van der Waals surface area (Å²) in [5.74, 6) is 1.41. The van der Waals surface area contributed by atoms with Gasteiger partial charge < -0.3 is 32.7 Å². The van der Waals surface area contributed by atoms with Gasteiger partial charge in [0.2, 0.25) is 0 Å². The topological polar surface area (TPSA) is 156 Å². The Hall–Kier alpha value is -6.76. The molecule has 1 aliphatic heterocycles. The van der Waals surface area contributed by atoms with Crippen LogP contribution < -0.4 is 19.1 Å². The zero-order valence-electron chi connectivity index (χ0n) is 39.5. The lowest BCUT2D eigenvalue weighted by Gasteiger charge is -2.39. The van der Waals surface area contributed by atoms with Crippen LogP contribution in [-0.4, -0.2) is 82.0 Å². The predicted octanol–water partition coefficient (Wildman–Crippen LogP) is 11.1. The summed E-state index contributed by atoms with van der Waals surface area (Å²) in [5.41, 5.74) is 3.53. The monoisotopic (exact) mass is 949 g/mol. The van der Waals surface area contributed by atoms with Crippen molar-refractivity contribution in [2.24, 2.45) is 0 Å². The van der Waals surface area contributed by atoms with E-state index in [0.29, 0.717) is 40.5 Å². The van der Waals surface area contributed by atoms with E-state index in [2.05, 4.69) is 48.4 Å². The Morgan fingerprint density at radius 3 is 1.88 bits per heavy atom. The van der Waals surface area contributed by atoms with Gasteiger partial charge in [0, 0.05) is 18.5 Å². The fraction of sp³-hybridized carbons (Fsp3) is 0.302. The average molecular weight is 950 g/mol. The summed E-state index contributed by atoms with van der Waals surface area (Å²) in [5, 5.41) is 9.50. The lowest BCUT2D eigenvalue weighted by molar-refractivity contribution is -0.0912. The average Bonchev–Trinajstić information content (AvgIpc) is 3.98. The number of hydrogen-bond donors (Lipinski definition) is 0. The molecule has 5 aromatic carbocycles. The first-order valence-corrected chi connectivity index (χ1v) is 24.0. The van der Waals surface area contributed by atoms with Crippen LogP contribution in [0, 0.1) is 11.3 Å². The van der Waals surface area contributed by atoms with Crippen molar-refractivity contribution in [2.45, 2.75) is 76.7 Å². The molecule has 0 bridgehead atoms. The molecule has 1 aliphatic rings. The molecule has 69 heavy (non-hydrogen) atoms. The highest BCUT2D eigenvalue weighted by atomic mass is 31.2. The number of ether oxygens (including phenoxy) is 5. The quantitative estimate of drug-likeness (QED) is 0.0404. The molecule has 2 aromatic heterocycles. The third-order valence-corrected chi connectivity index (χ3v) is 13.9. The minimum absolute atomic E-state index is 0.0528. The molecule has 3 heterocycles. The highest BCUT2D eigenvalue weighted by Crippen LogP contribution is 2.51. The van der Waals surface area contributed by atoms with E-state index in [9.17, 15) is 10.1 Å². The van der Waals surface area contributed by atoms with Gasteiger partial charge in [-0.1, -0.05) is 91.0 Å². The van der Waals surface area contributed by atoms with E-state index < -0.39 is 38.7 Å². The van der Waals surface area contributed by atoms with E-state index in [1.54, 1.807) is 25.1 Å². The summed E-state index contributed by atoms with van der Waals surface area (Å²) in [6.45, 7) is 8.63. The number of nitrogens with zero attached hydrogens (tertiary/aromatic N) is 7. The van der Waals surface area contributed by atoms with Crippen LogP contribution in [-0.2, 0) is 24.1 Å². The zero-order chi connectivity index (χ0) is 48.3. The molecule has 0 spiro atoms.